The Morgan fingerprint density at radius 2 is 2.05 bits per heavy atom. The predicted octanol–water partition coefficient (Wildman–Crippen LogP) is 2.05. The highest BCUT2D eigenvalue weighted by atomic mass is 35.5. The Balaban J connectivity index is 2.46. The molecule has 0 fully saturated rings. The van der Waals surface area contributed by atoms with E-state index in [1.54, 1.807) is 20.0 Å². The average molecular weight is 329 g/mol. The summed E-state index contributed by atoms with van der Waals surface area (Å²) < 4.78 is 26.4. The van der Waals surface area contributed by atoms with Crippen molar-refractivity contribution in [3.8, 4) is 0 Å². The quantitative estimate of drug-likeness (QED) is 0.927. The lowest BCUT2D eigenvalue weighted by atomic mass is 10.2. The van der Waals surface area contributed by atoms with Crippen molar-refractivity contribution < 1.29 is 18.3 Å². The first-order valence-corrected chi connectivity index (χ1v) is 7.99. The fourth-order valence-electron chi connectivity index (χ4n) is 1.95. The summed E-state index contributed by atoms with van der Waals surface area (Å²) in [6, 6.07) is 5.26. The molecule has 8 heteroatoms. The lowest BCUT2D eigenvalue weighted by Crippen LogP contribution is -2.10. The Bertz CT molecular complexity index is 812. The highest BCUT2D eigenvalue weighted by Crippen LogP contribution is 2.26. The molecule has 112 valence electrons. The number of sulfone groups is 1. The summed E-state index contributed by atoms with van der Waals surface area (Å²) in [5.74, 6) is -1.51. The van der Waals surface area contributed by atoms with Gasteiger partial charge < -0.3 is 5.11 Å². The Morgan fingerprint density at radius 1 is 1.38 bits per heavy atom. The van der Waals surface area contributed by atoms with Crippen molar-refractivity contribution in [2.24, 2.45) is 7.05 Å². The minimum Gasteiger partial charge on any atom is -0.478 e. The van der Waals surface area contributed by atoms with Gasteiger partial charge in [0.25, 0.3) is 0 Å². The molecule has 1 N–H and O–H groups in total. The molecule has 0 aliphatic rings. The van der Waals surface area contributed by atoms with Gasteiger partial charge in [-0.05, 0) is 31.2 Å². The summed E-state index contributed by atoms with van der Waals surface area (Å²) in [6.45, 7) is 1.76. The molecule has 2 rings (SSSR count). The molecule has 2 aromatic rings. The second-order valence-electron chi connectivity index (χ2n) is 4.61. The minimum absolute atomic E-state index is 0.00103. The number of carboxylic acid groups (broad SMARTS) is 1. The number of aryl methyl sites for hydroxylation is 2. The molecule has 0 saturated carbocycles. The highest BCUT2D eigenvalue weighted by molar-refractivity contribution is 7.90. The fraction of sp³-hybridized carbons (Fsp3) is 0.231. The molecule has 0 unspecified atom stereocenters. The molecular formula is C13H13ClN2O4S. The van der Waals surface area contributed by atoms with E-state index in [0.29, 0.717) is 11.4 Å². The topological polar surface area (TPSA) is 89.3 Å². The molecule has 0 atom stereocenters. The van der Waals surface area contributed by atoms with Crippen molar-refractivity contribution in [1.29, 1.82) is 0 Å². The van der Waals surface area contributed by atoms with Gasteiger partial charge in [0.15, 0.2) is 9.84 Å². The molecule has 1 aromatic carbocycles. The van der Waals surface area contributed by atoms with Gasteiger partial charge in [0.2, 0.25) is 0 Å². The van der Waals surface area contributed by atoms with Crippen LogP contribution in [0.4, 0.5) is 0 Å². The number of aromatic carboxylic acids is 1. The minimum atomic E-state index is -3.77. The van der Waals surface area contributed by atoms with Crippen LogP contribution in [-0.2, 0) is 22.6 Å². The zero-order chi connectivity index (χ0) is 15.8. The van der Waals surface area contributed by atoms with Gasteiger partial charge in [-0.25, -0.2) is 13.2 Å². The number of carboxylic acids is 1. The van der Waals surface area contributed by atoms with Crippen molar-refractivity contribution in [2.75, 3.05) is 0 Å². The van der Waals surface area contributed by atoms with E-state index in [4.69, 9.17) is 16.7 Å². The number of aromatic nitrogens is 2. The van der Waals surface area contributed by atoms with Crippen LogP contribution in [0.2, 0.25) is 5.02 Å². The van der Waals surface area contributed by atoms with Crippen LogP contribution in [0.25, 0.3) is 0 Å². The van der Waals surface area contributed by atoms with Crippen molar-refractivity contribution in [2.45, 2.75) is 17.6 Å². The van der Waals surface area contributed by atoms with Crippen LogP contribution in [0, 0.1) is 6.92 Å². The third kappa shape index (κ3) is 3.25. The molecule has 0 aliphatic heterocycles. The zero-order valence-electron chi connectivity index (χ0n) is 11.4. The number of halogens is 1. The summed E-state index contributed by atoms with van der Waals surface area (Å²) in [5, 5.41) is 13.0. The lowest BCUT2D eigenvalue weighted by Gasteiger charge is -2.08. The molecule has 0 amide bonds. The number of benzene rings is 1. The summed E-state index contributed by atoms with van der Waals surface area (Å²) in [6.07, 6.45) is 0. The maximum Gasteiger partial charge on any atom is 0.335 e. The second kappa shape index (κ2) is 5.50. The summed E-state index contributed by atoms with van der Waals surface area (Å²) in [7, 11) is -2.12. The van der Waals surface area contributed by atoms with Gasteiger partial charge in [-0.1, -0.05) is 11.6 Å². The van der Waals surface area contributed by atoms with E-state index in [0.717, 1.165) is 6.07 Å². The van der Waals surface area contributed by atoms with Gasteiger partial charge in [0, 0.05) is 7.05 Å². The first kappa shape index (κ1) is 15.5. The third-order valence-electron chi connectivity index (χ3n) is 2.95. The van der Waals surface area contributed by atoms with Crippen LogP contribution in [0.3, 0.4) is 0 Å². The van der Waals surface area contributed by atoms with Gasteiger partial charge >= 0.3 is 5.97 Å². The highest BCUT2D eigenvalue weighted by Gasteiger charge is 2.22. The first-order chi connectivity index (χ1) is 9.70. The molecule has 0 saturated heterocycles. The van der Waals surface area contributed by atoms with Crippen molar-refractivity contribution in [1.82, 2.24) is 9.78 Å². The standard InChI is InChI=1S/C13H13ClN2O4S/c1-8-5-10(16(2)15-8)7-21(19,20)12-6-9(13(17)18)3-4-11(12)14/h3-6H,7H2,1-2H3,(H,17,18). The van der Waals surface area contributed by atoms with Gasteiger partial charge in [0.05, 0.1) is 32.6 Å². The van der Waals surface area contributed by atoms with Gasteiger partial charge in [0.1, 0.15) is 0 Å². The molecule has 1 heterocycles. The number of hydrogen-bond donors (Lipinski definition) is 1. The molecule has 0 spiro atoms. The summed E-state index contributed by atoms with van der Waals surface area (Å²) in [5.41, 5.74) is 1.08. The molecule has 0 radical (unpaired) electrons. The monoisotopic (exact) mass is 328 g/mol. The summed E-state index contributed by atoms with van der Waals surface area (Å²) >= 11 is 5.90. The number of carbonyl (C=O) groups is 1. The molecular weight excluding hydrogens is 316 g/mol. The van der Waals surface area contributed by atoms with Crippen LogP contribution >= 0.6 is 11.6 Å². The van der Waals surface area contributed by atoms with E-state index >= 15 is 0 Å². The maximum atomic E-state index is 12.4. The Kier molecular flexibility index (Phi) is 4.06. The van der Waals surface area contributed by atoms with Crippen LogP contribution in [0.1, 0.15) is 21.7 Å². The third-order valence-corrected chi connectivity index (χ3v) is 5.08. The van der Waals surface area contributed by atoms with E-state index in [1.165, 1.54) is 16.8 Å². The van der Waals surface area contributed by atoms with E-state index in [9.17, 15) is 13.2 Å². The Morgan fingerprint density at radius 3 is 2.57 bits per heavy atom. The first-order valence-electron chi connectivity index (χ1n) is 5.96. The fourth-order valence-corrected chi connectivity index (χ4v) is 3.90. The van der Waals surface area contributed by atoms with E-state index in [2.05, 4.69) is 5.10 Å². The smallest absolute Gasteiger partial charge is 0.335 e. The SMILES string of the molecule is Cc1cc(CS(=O)(=O)c2cc(C(=O)O)ccc2Cl)n(C)n1. The van der Waals surface area contributed by atoms with Crippen molar-refractivity contribution >= 4 is 27.4 Å². The number of nitrogens with zero attached hydrogens (tertiary/aromatic N) is 2. The second-order valence-corrected chi connectivity index (χ2v) is 6.98. The normalized spacial score (nSPS) is 11.6. The van der Waals surface area contributed by atoms with Crippen molar-refractivity contribution in [3.05, 3.63) is 46.2 Å². The largest absolute Gasteiger partial charge is 0.478 e. The number of rotatable bonds is 4. The Hall–Kier alpha value is -1.86. The van der Waals surface area contributed by atoms with Crippen LogP contribution in [0.5, 0.6) is 0 Å². The van der Waals surface area contributed by atoms with E-state index < -0.39 is 15.8 Å². The van der Waals surface area contributed by atoms with Gasteiger partial charge in [-0.15, -0.1) is 0 Å². The van der Waals surface area contributed by atoms with Crippen molar-refractivity contribution in [3.63, 3.8) is 0 Å². The van der Waals surface area contributed by atoms with E-state index in [-0.39, 0.29) is 21.2 Å². The van der Waals surface area contributed by atoms with Gasteiger partial charge in [-0.2, -0.15) is 5.10 Å². The van der Waals surface area contributed by atoms with Crippen LogP contribution < -0.4 is 0 Å². The van der Waals surface area contributed by atoms with Crippen LogP contribution in [0.15, 0.2) is 29.2 Å². The molecule has 1 aromatic heterocycles. The zero-order valence-corrected chi connectivity index (χ0v) is 12.9. The van der Waals surface area contributed by atoms with E-state index in [1.807, 2.05) is 0 Å². The Labute approximate surface area is 126 Å². The van der Waals surface area contributed by atoms with Gasteiger partial charge in [-0.3, -0.25) is 4.68 Å². The molecule has 6 nitrogen and oxygen atoms in total. The number of hydrogen-bond acceptors (Lipinski definition) is 4. The lowest BCUT2D eigenvalue weighted by molar-refractivity contribution is 0.0696. The maximum absolute atomic E-state index is 12.4. The molecule has 0 aliphatic carbocycles. The average Bonchev–Trinajstić information content (AvgIpc) is 2.67. The van der Waals surface area contributed by atoms with Crippen LogP contribution in [-0.4, -0.2) is 29.3 Å². The summed E-state index contributed by atoms with van der Waals surface area (Å²) in [4.78, 5) is 10.8. The molecule has 21 heavy (non-hydrogen) atoms. The predicted molar refractivity (Wildman–Crippen MR) is 77.2 cm³/mol. The molecule has 0 bridgehead atoms.